The van der Waals surface area contributed by atoms with Gasteiger partial charge in [-0.15, -0.1) is 0 Å². The van der Waals surface area contributed by atoms with E-state index in [0.29, 0.717) is 10.6 Å². The lowest BCUT2D eigenvalue weighted by atomic mass is 10.2. The lowest BCUT2D eigenvalue weighted by Gasteiger charge is -2.03. The smallest absolute Gasteiger partial charge is 0.267 e. The summed E-state index contributed by atoms with van der Waals surface area (Å²) in [7, 11) is 0. The molecule has 1 amide bonds. The molecule has 0 aliphatic heterocycles. The van der Waals surface area contributed by atoms with E-state index in [1.54, 1.807) is 0 Å². The fourth-order valence-electron chi connectivity index (χ4n) is 0.866. The van der Waals surface area contributed by atoms with E-state index >= 15 is 0 Å². The van der Waals surface area contributed by atoms with Crippen molar-refractivity contribution >= 4 is 70.1 Å². The minimum atomic E-state index is -1.66. The summed E-state index contributed by atoms with van der Waals surface area (Å²) in [6, 6.07) is 4.40. The Kier molecular flexibility index (Phi) is 5.35. The molecule has 1 N–H and O–H groups in total. The molecule has 0 bridgehead atoms. The molecule has 0 aliphatic carbocycles. The Bertz CT molecular complexity index is 455. The van der Waals surface area contributed by atoms with Crippen molar-refractivity contribution < 1.29 is 4.79 Å². The van der Waals surface area contributed by atoms with Gasteiger partial charge < -0.3 is 0 Å². The number of nitrogens with zero attached hydrogens (tertiary/aromatic N) is 1. The molecule has 0 aromatic heterocycles. The summed E-state index contributed by atoms with van der Waals surface area (Å²) < 4.78 is -1.66. The first-order valence-corrected chi connectivity index (χ1v) is 6.05. The van der Waals surface area contributed by atoms with Crippen LogP contribution in [0.5, 0.6) is 0 Å². The Labute approximate surface area is 123 Å². The van der Waals surface area contributed by atoms with E-state index in [9.17, 15) is 4.79 Å². The van der Waals surface area contributed by atoms with Crippen LogP contribution >= 0.6 is 58.0 Å². The highest BCUT2D eigenvalue weighted by atomic mass is 35.6. The molecule has 1 rings (SSSR count). The predicted octanol–water partition coefficient (Wildman–Crippen LogP) is 4.08. The van der Waals surface area contributed by atoms with Crippen LogP contribution in [0.3, 0.4) is 0 Å². The van der Waals surface area contributed by atoms with Crippen molar-refractivity contribution in [2.24, 2.45) is 5.10 Å². The lowest BCUT2D eigenvalue weighted by molar-refractivity contribution is 0.0955. The molecule has 92 valence electrons. The summed E-state index contributed by atoms with van der Waals surface area (Å²) in [6.45, 7) is 0. The van der Waals surface area contributed by atoms with Crippen LogP contribution in [0, 0.1) is 0 Å². The van der Waals surface area contributed by atoms with Gasteiger partial charge in [0.1, 0.15) is 0 Å². The Balaban J connectivity index is 2.71. The predicted molar refractivity (Wildman–Crippen MR) is 72.7 cm³/mol. The fraction of sp³-hybridized carbons (Fsp3) is 0.111. The highest BCUT2D eigenvalue weighted by Crippen LogP contribution is 2.23. The van der Waals surface area contributed by atoms with Crippen LogP contribution in [-0.4, -0.2) is 15.9 Å². The van der Waals surface area contributed by atoms with Crippen LogP contribution in [-0.2, 0) is 0 Å². The SMILES string of the molecule is O=C(NN=CC(Cl)(Cl)Cl)c1ccc(Cl)c(Cl)c1. The van der Waals surface area contributed by atoms with Gasteiger partial charge in [0.05, 0.1) is 16.3 Å². The molecule has 3 nitrogen and oxygen atoms in total. The summed E-state index contributed by atoms with van der Waals surface area (Å²) >= 11 is 27.7. The van der Waals surface area contributed by atoms with Gasteiger partial charge in [-0.2, -0.15) is 5.10 Å². The molecule has 0 saturated carbocycles. The van der Waals surface area contributed by atoms with E-state index in [0.717, 1.165) is 6.21 Å². The minimum Gasteiger partial charge on any atom is -0.267 e. The maximum absolute atomic E-state index is 11.5. The van der Waals surface area contributed by atoms with Crippen molar-refractivity contribution in [2.45, 2.75) is 3.79 Å². The molecular formula is C9H5Cl5N2O. The molecule has 1 aromatic rings. The maximum Gasteiger partial charge on any atom is 0.271 e. The topological polar surface area (TPSA) is 41.5 Å². The van der Waals surface area contributed by atoms with E-state index in [-0.39, 0.29) is 5.02 Å². The first kappa shape index (κ1) is 14.9. The largest absolute Gasteiger partial charge is 0.271 e. The number of hydrogen-bond donors (Lipinski definition) is 1. The number of hydrogen-bond acceptors (Lipinski definition) is 2. The Hall–Kier alpha value is -0.190. The monoisotopic (exact) mass is 332 g/mol. The van der Waals surface area contributed by atoms with Gasteiger partial charge in [-0.05, 0) is 18.2 Å². The zero-order valence-electron chi connectivity index (χ0n) is 8.05. The number of amides is 1. The van der Waals surface area contributed by atoms with Crippen molar-refractivity contribution in [3.05, 3.63) is 33.8 Å². The third kappa shape index (κ3) is 5.32. The molecule has 0 spiro atoms. The number of benzene rings is 1. The first-order chi connectivity index (χ1) is 7.79. The van der Waals surface area contributed by atoms with Crippen LogP contribution in [0.4, 0.5) is 0 Å². The fourth-order valence-corrected chi connectivity index (χ4v) is 1.31. The van der Waals surface area contributed by atoms with Gasteiger partial charge in [-0.1, -0.05) is 58.0 Å². The van der Waals surface area contributed by atoms with Crippen LogP contribution < -0.4 is 5.43 Å². The molecule has 0 unspecified atom stereocenters. The van der Waals surface area contributed by atoms with Crippen LogP contribution in [0.15, 0.2) is 23.3 Å². The molecule has 0 heterocycles. The van der Waals surface area contributed by atoms with E-state index in [1.165, 1.54) is 18.2 Å². The maximum atomic E-state index is 11.5. The number of hydrazone groups is 1. The van der Waals surface area contributed by atoms with Crippen LogP contribution in [0.2, 0.25) is 10.0 Å². The average Bonchev–Trinajstić information content (AvgIpc) is 2.20. The van der Waals surface area contributed by atoms with E-state index < -0.39 is 9.70 Å². The summed E-state index contributed by atoms with van der Waals surface area (Å²) in [5, 5.41) is 4.10. The van der Waals surface area contributed by atoms with E-state index in [2.05, 4.69) is 10.5 Å². The standard InChI is InChI=1S/C9H5Cl5N2O/c10-6-2-1-5(3-7(6)11)8(17)16-15-4-9(12,13)14/h1-4H,(H,16,17). The molecule has 1 aromatic carbocycles. The van der Waals surface area contributed by atoms with Gasteiger partial charge in [0.15, 0.2) is 0 Å². The van der Waals surface area contributed by atoms with Crippen LogP contribution in [0.25, 0.3) is 0 Å². The average molecular weight is 334 g/mol. The quantitative estimate of drug-likeness (QED) is 0.494. The normalized spacial score (nSPS) is 11.8. The summed E-state index contributed by atoms with van der Waals surface area (Å²) in [5.41, 5.74) is 2.47. The van der Waals surface area contributed by atoms with Gasteiger partial charge in [-0.25, -0.2) is 5.43 Å². The Morgan fingerprint density at radius 2 is 1.88 bits per heavy atom. The second kappa shape index (κ2) is 6.12. The van der Waals surface area contributed by atoms with E-state index in [1.807, 2.05) is 0 Å². The Morgan fingerprint density at radius 1 is 1.24 bits per heavy atom. The molecule has 8 heteroatoms. The summed E-state index contributed by atoms with van der Waals surface area (Å²) in [6.07, 6.45) is 0.965. The molecule has 0 saturated heterocycles. The van der Waals surface area contributed by atoms with Crippen molar-refractivity contribution in [2.75, 3.05) is 0 Å². The molecule has 17 heavy (non-hydrogen) atoms. The van der Waals surface area contributed by atoms with Crippen molar-refractivity contribution in [3.63, 3.8) is 0 Å². The molecule has 0 fully saturated rings. The first-order valence-electron chi connectivity index (χ1n) is 4.16. The number of carbonyl (C=O) groups is 1. The van der Waals surface area contributed by atoms with Crippen molar-refractivity contribution in [3.8, 4) is 0 Å². The van der Waals surface area contributed by atoms with Gasteiger partial charge in [0, 0.05) is 5.56 Å². The number of rotatable bonds is 2. The zero-order chi connectivity index (χ0) is 13.1. The third-order valence-electron chi connectivity index (χ3n) is 1.56. The third-order valence-corrected chi connectivity index (χ3v) is 2.59. The summed E-state index contributed by atoms with van der Waals surface area (Å²) in [5.74, 6) is -0.492. The number of halogens is 5. The van der Waals surface area contributed by atoms with Gasteiger partial charge in [0.2, 0.25) is 3.79 Å². The number of alkyl halides is 3. The molecule has 0 radical (unpaired) electrons. The van der Waals surface area contributed by atoms with E-state index in [4.69, 9.17) is 58.0 Å². The van der Waals surface area contributed by atoms with Gasteiger partial charge in [-0.3, -0.25) is 4.79 Å². The second-order valence-electron chi connectivity index (χ2n) is 2.87. The second-order valence-corrected chi connectivity index (χ2v) is 6.05. The highest BCUT2D eigenvalue weighted by molar-refractivity contribution is 6.74. The minimum absolute atomic E-state index is 0.268. The number of carbonyl (C=O) groups excluding carboxylic acids is 1. The molecule has 0 atom stereocenters. The molecule has 0 aliphatic rings. The lowest BCUT2D eigenvalue weighted by Crippen LogP contribution is -2.19. The zero-order valence-corrected chi connectivity index (χ0v) is 11.8. The number of nitrogens with one attached hydrogen (secondary N) is 1. The van der Waals surface area contributed by atoms with Crippen molar-refractivity contribution in [1.82, 2.24) is 5.43 Å². The van der Waals surface area contributed by atoms with Gasteiger partial charge >= 0.3 is 0 Å². The van der Waals surface area contributed by atoms with Crippen LogP contribution in [0.1, 0.15) is 10.4 Å². The molecular weight excluding hydrogens is 329 g/mol. The summed E-state index contributed by atoms with van der Waals surface area (Å²) in [4.78, 5) is 11.5. The Morgan fingerprint density at radius 3 is 2.41 bits per heavy atom. The van der Waals surface area contributed by atoms with Gasteiger partial charge in [0.25, 0.3) is 5.91 Å². The highest BCUT2D eigenvalue weighted by Gasteiger charge is 2.15. The van der Waals surface area contributed by atoms with Crippen molar-refractivity contribution in [1.29, 1.82) is 0 Å².